The summed E-state index contributed by atoms with van der Waals surface area (Å²) < 4.78 is 0. The van der Waals surface area contributed by atoms with Gasteiger partial charge in [-0.15, -0.1) is 0 Å². The number of carbonyl (C=O) groups is 2. The maximum Gasteiger partial charge on any atom is 2.00 e. The van der Waals surface area contributed by atoms with Gasteiger partial charge in [-0.05, 0) is 0 Å². The smallest absolute Gasteiger partial charge is 0.547 e. The van der Waals surface area contributed by atoms with Crippen molar-refractivity contribution in [1.29, 1.82) is 0 Å². The first-order valence-electron chi connectivity index (χ1n) is 3.43. The average molecular weight is 296 g/mol. The minimum absolute atomic E-state index is 0. The first kappa shape index (κ1) is 17.6. The number of aliphatic carboxylic acids is 2. The molecule has 0 radical (unpaired) electrons. The van der Waals surface area contributed by atoms with Crippen LogP contribution in [-0.4, -0.2) is 102 Å². The molecule has 0 rings (SSSR count). The van der Waals surface area contributed by atoms with E-state index in [1.165, 1.54) is 0 Å². The second-order valence-electron chi connectivity index (χ2n) is 2.51. The van der Waals surface area contributed by atoms with E-state index in [2.05, 4.69) is 0 Å². The normalized spacial score (nSPS) is 18.1. The van der Waals surface area contributed by atoms with Crippen LogP contribution in [0.3, 0.4) is 0 Å². The number of hydrogen-bond donors (Lipinski definition) is 4. The van der Waals surface area contributed by atoms with E-state index in [1.54, 1.807) is 0 Å². The monoisotopic (exact) mass is 296 g/mol. The number of carboxylic acid groups (broad SMARTS) is 2. The third-order valence-electron chi connectivity index (χ3n) is 1.48. The van der Waals surface area contributed by atoms with E-state index in [-0.39, 0.29) is 45.5 Å². The fourth-order valence-corrected chi connectivity index (χ4v) is 0.652. The van der Waals surface area contributed by atoms with Crippen LogP contribution in [0.25, 0.3) is 0 Å². The van der Waals surface area contributed by atoms with Crippen LogP contribution < -0.4 is 10.2 Å². The van der Waals surface area contributed by atoms with Crippen LogP contribution >= 0.6 is 0 Å². The van der Waals surface area contributed by atoms with Crippen molar-refractivity contribution in [2.24, 2.45) is 0 Å². The number of rotatable bonds is 5. The Morgan fingerprint density at radius 3 is 1.13 bits per heavy atom. The Kier molecular flexibility index (Phi) is 8.85. The molecule has 0 saturated carbocycles. The SMILES string of the molecule is O=C([O-])[C@@H](O)[C@@H](O)[C@H](O)[C@@H](O)C(=O)[O-].[Sr+2]. The Hall–Kier alpha value is 0.261. The molecule has 0 aliphatic carbocycles. The van der Waals surface area contributed by atoms with Crippen molar-refractivity contribution in [3.05, 3.63) is 0 Å². The molecule has 0 aliphatic rings. The molecule has 0 aromatic carbocycles. The van der Waals surface area contributed by atoms with E-state index in [0.717, 1.165) is 0 Å². The van der Waals surface area contributed by atoms with E-state index < -0.39 is 36.4 Å². The maximum absolute atomic E-state index is 9.96. The minimum atomic E-state index is -2.50. The molecule has 0 aliphatic heterocycles. The largest absolute Gasteiger partial charge is 2.00 e. The molecular formula is C6H8O8Sr. The van der Waals surface area contributed by atoms with Crippen LogP contribution in [0.5, 0.6) is 0 Å². The summed E-state index contributed by atoms with van der Waals surface area (Å²) in [5.41, 5.74) is 0. The number of aliphatic hydroxyl groups is 4. The molecule has 0 bridgehead atoms. The van der Waals surface area contributed by atoms with Gasteiger partial charge in [-0.25, -0.2) is 0 Å². The molecule has 0 aromatic rings. The van der Waals surface area contributed by atoms with Gasteiger partial charge in [0.15, 0.2) is 0 Å². The molecule has 4 N–H and O–H groups in total. The molecule has 0 fully saturated rings. The molecule has 0 unspecified atom stereocenters. The Balaban J connectivity index is 0. The van der Waals surface area contributed by atoms with Crippen molar-refractivity contribution in [3.8, 4) is 0 Å². The Bertz CT molecular complexity index is 207. The number of aliphatic hydroxyl groups excluding tert-OH is 4. The summed E-state index contributed by atoms with van der Waals surface area (Å²) in [4.78, 5) is 19.9. The molecule has 0 spiro atoms. The van der Waals surface area contributed by atoms with Crippen LogP contribution in [0.2, 0.25) is 0 Å². The molecular weight excluding hydrogens is 288 g/mol. The van der Waals surface area contributed by atoms with Gasteiger partial charge in [0.2, 0.25) is 0 Å². The van der Waals surface area contributed by atoms with Crippen LogP contribution in [0, 0.1) is 0 Å². The van der Waals surface area contributed by atoms with Crippen molar-refractivity contribution in [2.75, 3.05) is 0 Å². The first-order chi connectivity index (χ1) is 6.29. The molecule has 82 valence electrons. The van der Waals surface area contributed by atoms with Gasteiger partial charge in [-0.2, -0.15) is 0 Å². The molecule has 9 heteroatoms. The van der Waals surface area contributed by atoms with E-state index in [9.17, 15) is 19.8 Å². The maximum atomic E-state index is 9.96. The summed E-state index contributed by atoms with van der Waals surface area (Å²) in [5.74, 6) is -4.22. The van der Waals surface area contributed by atoms with Crippen molar-refractivity contribution in [3.63, 3.8) is 0 Å². The zero-order chi connectivity index (χ0) is 11.5. The molecule has 0 saturated heterocycles. The van der Waals surface area contributed by atoms with Crippen molar-refractivity contribution < 1.29 is 40.2 Å². The third kappa shape index (κ3) is 5.22. The summed E-state index contributed by atoms with van der Waals surface area (Å²) in [5, 5.41) is 54.7. The molecule has 8 nitrogen and oxygen atoms in total. The van der Waals surface area contributed by atoms with E-state index in [4.69, 9.17) is 20.4 Å². The van der Waals surface area contributed by atoms with Crippen molar-refractivity contribution >= 4 is 57.4 Å². The van der Waals surface area contributed by atoms with Crippen LogP contribution in [0.1, 0.15) is 0 Å². The predicted molar refractivity (Wildman–Crippen MR) is 39.8 cm³/mol. The molecule has 0 amide bonds. The quantitative estimate of drug-likeness (QED) is 0.364. The van der Waals surface area contributed by atoms with Gasteiger partial charge >= 0.3 is 45.5 Å². The summed E-state index contributed by atoms with van der Waals surface area (Å²) in [6.45, 7) is 0. The van der Waals surface area contributed by atoms with Gasteiger partial charge in [0, 0.05) is 0 Å². The van der Waals surface area contributed by atoms with Gasteiger partial charge in [0.1, 0.15) is 24.4 Å². The molecule has 0 aromatic heterocycles. The van der Waals surface area contributed by atoms with E-state index >= 15 is 0 Å². The van der Waals surface area contributed by atoms with Crippen LogP contribution in [0.4, 0.5) is 0 Å². The zero-order valence-electron chi connectivity index (χ0n) is 7.44. The Labute approximate surface area is 121 Å². The van der Waals surface area contributed by atoms with Crippen LogP contribution in [-0.2, 0) is 9.59 Å². The number of carboxylic acids is 2. The van der Waals surface area contributed by atoms with Gasteiger partial charge in [0.25, 0.3) is 0 Å². The summed E-state index contributed by atoms with van der Waals surface area (Å²) in [6, 6.07) is 0. The summed E-state index contributed by atoms with van der Waals surface area (Å²) in [7, 11) is 0. The van der Waals surface area contributed by atoms with Crippen LogP contribution in [0.15, 0.2) is 0 Å². The predicted octanol–water partition coefficient (Wildman–Crippen LogP) is -6.45. The Morgan fingerprint density at radius 2 is 1.00 bits per heavy atom. The second kappa shape index (κ2) is 7.52. The van der Waals surface area contributed by atoms with Gasteiger partial charge < -0.3 is 40.2 Å². The zero-order valence-corrected chi connectivity index (χ0v) is 10.9. The van der Waals surface area contributed by atoms with E-state index in [0.29, 0.717) is 0 Å². The average Bonchev–Trinajstić information content (AvgIpc) is 2.12. The molecule has 4 atom stereocenters. The summed E-state index contributed by atoms with van der Waals surface area (Å²) in [6.07, 6.45) is -9.76. The second-order valence-corrected chi connectivity index (χ2v) is 2.51. The molecule has 15 heavy (non-hydrogen) atoms. The molecule has 0 heterocycles. The fourth-order valence-electron chi connectivity index (χ4n) is 0.652. The van der Waals surface area contributed by atoms with Crippen molar-refractivity contribution in [1.82, 2.24) is 0 Å². The standard InChI is InChI=1S/C6H10O8.Sr/c7-1(3(9)5(11)12)2(8)4(10)6(13)14;/h1-4,7-10H,(H,11,12)(H,13,14);/q;+2/p-2/t1-,2-,3-,4+;/m0./s1. The van der Waals surface area contributed by atoms with Gasteiger partial charge in [-0.1, -0.05) is 0 Å². The number of carbonyl (C=O) groups excluding carboxylic acids is 2. The summed E-state index contributed by atoms with van der Waals surface area (Å²) >= 11 is 0. The fraction of sp³-hybridized carbons (Fsp3) is 0.667. The van der Waals surface area contributed by atoms with Crippen molar-refractivity contribution in [2.45, 2.75) is 24.4 Å². The van der Waals surface area contributed by atoms with Gasteiger partial charge in [0.05, 0.1) is 11.9 Å². The minimum Gasteiger partial charge on any atom is -0.547 e. The topological polar surface area (TPSA) is 161 Å². The van der Waals surface area contributed by atoms with Gasteiger partial charge in [-0.3, -0.25) is 0 Å². The first-order valence-corrected chi connectivity index (χ1v) is 3.43. The Morgan fingerprint density at radius 1 is 0.800 bits per heavy atom. The van der Waals surface area contributed by atoms with E-state index in [1.807, 2.05) is 0 Å². The third-order valence-corrected chi connectivity index (χ3v) is 1.48. The number of hydrogen-bond acceptors (Lipinski definition) is 8.